The van der Waals surface area contributed by atoms with Crippen molar-refractivity contribution in [2.45, 2.75) is 251 Å². The minimum absolute atomic E-state index is 0.0909. The van der Waals surface area contributed by atoms with Gasteiger partial charge in [0.15, 0.2) is 6.10 Å². The third-order valence-corrected chi connectivity index (χ3v) is 12.4. The van der Waals surface area contributed by atoms with Crippen LogP contribution in [0.3, 0.4) is 0 Å². The summed E-state index contributed by atoms with van der Waals surface area (Å²) in [5.74, 6) is -1.53. The van der Waals surface area contributed by atoms with Crippen molar-refractivity contribution in [1.82, 2.24) is 0 Å². The SMILES string of the molecule is CC/C=C\C/C=C\C/C=C\C/C=C\C/C=C\CCCC(=O)OC(COC(=O)CCCCCCCCCCCCC)COP(=O)(O)OCC(CO)OC(=O)CCCCCCCCCCCCCCC. The maximum atomic E-state index is 12.9. The van der Waals surface area contributed by atoms with Crippen LogP contribution in [0.1, 0.15) is 239 Å². The Morgan fingerprint density at radius 1 is 0.426 bits per heavy atom. The second-order valence-corrected chi connectivity index (χ2v) is 19.5. The Morgan fingerprint density at radius 3 is 1.18 bits per heavy atom. The molecule has 3 atom stereocenters. The van der Waals surface area contributed by atoms with Crippen molar-refractivity contribution in [2.24, 2.45) is 0 Å². The lowest BCUT2D eigenvalue weighted by molar-refractivity contribution is -0.161. The second kappa shape index (κ2) is 50.6. The van der Waals surface area contributed by atoms with Gasteiger partial charge in [-0.1, -0.05) is 223 Å². The number of phosphoric acid groups is 1. The molecular formula is C56H99O11P. The molecule has 0 aliphatic carbocycles. The highest BCUT2D eigenvalue weighted by atomic mass is 31.2. The van der Waals surface area contributed by atoms with E-state index in [1.165, 1.54) is 103 Å². The molecular weight excluding hydrogens is 880 g/mol. The van der Waals surface area contributed by atoms with E-state index >= 15 is 0 Å². The topological polar surface area (TPSA) is 155 Å². The Labute approximate surface area is 415 Å². The van der Waals surface area contributed by atoms with Crippen LogP contribution in [-0.2, 0) is 42.2 Å². The quantitative estimate of drug-likeness (QED) is 0.0197. The number of esters is 3. The monoisotopic (exact) mass is 979 g/mol. The first-order chi connectivity index (χ1) is 33.2. The fourth-order valence-corrected chi connectivity index (χ4v) is 8.12. The van der Waals surface area contributed by atoms with Gasteiger partial charge in [-0.05, 0) is 57.8 Å². The predicted molar refractivity (Wildman–Crippen MR) is 279 cm³/mol. The number of phosphoric ester groups is 1. The highest BCUT2D eigenvalue weighted by Gasteiger charge is 2.28. The largest absolute Gasteiger partial charge is 0.472 e. The van der Waals surface area contributed by atoms with E-state index in [1.807, 2.05) is 12.2 Å². The van der Waals surface area contributed by atoms with E-state index in [0.29, 0.717) is 25.7 Å². The van der Waals surface area contributed by atoms with Gasteiger partial charge >= 0.3 is 25.7 Å². The maximum Gasteiger partial charge on any atom is 0.472 e. The number of carbonyl (C=O) groups is 3. The van der Waals surface area contributed by atoms with Crippen LogP contribution in [-0.4, -0.2) is 66.5 Å². The van der Waals surface area contributed by atoms with E-state index in [-0.39, 0.29) is 25.9 Å². The zero-order valence-corrected chi connectivity index (χ0v) is 44.2. The van der Waals surface area contributed by atoms with Crippen molar-refractivity contribution in [2.75, 3.05) is 26.4 Å². The number of carbonyl (C=O) groups excluding carboxylic acids is 3. The smallest absolute Gasteiger partial charge is 0.462 e. The molecule has 0 saturated heterocycles. The zero-order valence-electron chi connectivity index (χ0n) is 43.3. The highest BCUT2D eigenvalue weighted by molar-refractivity contribution is 7.47. The highest BCUT2D eigenvalue weighted by Crippen LogP contribution is 2.43. The molecule has 0 fully saturated rings. The lowest BCUT2D eigenvalue weighted by Gasteiger charge is -2.21. The molecule has 0 aromatic carbocycles. The number of aliphatic hydroxyl groups excluding tert-OH is 1. The van der Waals surface area contributed by atoms with Crippen LogP contribution >= 0.6 is 7.82 Å². The summed E-state index contributed by atoms with van der Waals surface area (Å²) in [6.45, 7) is 4.46. The van der Waals surface area contributed by atoms with Crippen LogP contribution in [0, 0.1) is 0 Å². The summed E-state index contributed by atoms with van der Waals surface area (Å²) in [5.41, 5.74) is 0. The molecule has 0 heterocycles. The Bertz CT molecular complexity index is 1370. The number of rotatable bonds is 50. The van der Waals surface area contributed by atoms with Crippen molar-refractivity contribution in [3.05, 3.63) is 60.8 Å². The molecule has 0 rings (SSSR count). The Kier molecular flexibility index (Phi) is 48.5. The number of ether oxygens (including phenoxy) is 3. The molecule has 0 radical (unpaired) electrons. The average Bonchev–Trinajstić information content (AvgIpc) is 3.32. The number of aliphatic hydroxyl groups is 1. The first-order valence-corrected chi connectivity index (χ1v) is 28.7. The molecule has 68 heavy (non-hydrogen) atoms. The first-order valence-electron chi connectivity index (χ1n) is 27.2. The van der Waals surface area contributed by atoms with Crippen molar-refractivity contribution in [1.29, 1.82) is 0 Å². The van der Waals surface area contributed by atoms with Crippen molar-refractivity contribution in [3.63, 3.8) is 0 Å². The van der Waals surface area contributed by atoms with Gasteiger partial charge in [-0.25, -0.2) is 4.57 Å². The lowest BCUT2D eigenvalue weighted by atomic mass is 10.0. The average molecular weight is 979 g/mol. The summed E-state index contributed by atoms with van der Waals surface area (Å²) in [6.07, 6.45) is 53.4. The summed E-state index contributed by atoms with van der Waals surface area (Å²) >= 11 is 0. The van der Waals surface area contributed by atoms with Gasteiger partial charge in [-0.15, -0.1) is 0 Å². The molecule has 2 N–H and O–H groups in total. The van der Waals surface area contributed by atoms with Gasteiger partial charge in [0, 0.05) is 19.3 Å². The second-order valence-electron chi connectivity index (χ2n) is 18.0. The van der Waals surface area contributed by atoms with E-state index in [1.54, 1.807) is 0 Å². The Hall–Kier alpha value is -2.82. The Balaban J connectivity index is 4.79. The molecule has 0 aliphatic rings. The molecule has 0 aromatic rings. The Morgan fingerprint density at radius 2 is 0.765 bits per heavy atom. The number of unbranched alkanes of at least 4 members (excludes halogenated alkanes) is 23. The van der Waals surface area contributed by atoms with Gasteiger partial charge in [0.1, 0.15) is 12.7 Å². The van der Waals surface area contributed by atoms with Gasteiger partial charge in [-0.2, -0.15) is 0 Å². The van der Waals surface area contributed by atoms with Crippen LogP contribution in [0.25, 0.3) is 0 Å². The molecule has 0 spiro atoms. The van der Waals surface area contributed by atoms with Crippen molar-refractivity contribution in [3.8, 4) is 0 Å². The molecule has 0 aromatic heterocycles. The molecule has 3 unspecified atom stereocenters. The van der Waals surface area contributed by atoms with E-state index in [9.17, 15) is 28.9 Å². The van der Waals surface area contributed by atoms with Gasteiger partial charge in [-0.3, -0.25) is 23.4 Å². The zero-order chi connectivity index (χ0) is 49.9. The van der Waals surface area contributed by atoms with E-state index in [4.69, 9.17) is 23.3 Å². The lowest BCUT2D eigenvalue weighted by Crippen LogP contribution is -2.30. The number of hydrogen-bond acceptors (Lipinski definition) is 10. The normalized spacial score (nSPS) is 13.9. The standard InChI is InChI=1S/C56H99O11P/c1-4-7-10-13-16-19-22-24-25-26-27-29-32-35-38-41-44-47-56(60)67-53(49-63-54(58)45-42-39-36-33-30-21-18-15-12-9-6-3)51-65-68(61,62)64-50-52(48-57)66-55(59)46-43-40-37-34-31-28-23-20-17-14-11-8-5-2/h7,10,16,19,24-25,27,29,35,38,52-53,57H,4-6,8-9,11-15,17-18,20-23,26,28,30-34,36-37,39-51H2,1-3H3,(H,61,62)/b10-7-,19-16-,25-24-,29-27-,38-35-. The minimum Gasteiger partial charge on any atom is -0.462 e. The molecule has 11 nitrogen and oxygen atoms in total. The maximum absolute atomic E-state index is 12.9. The molecule has 0 aliphatic heterocycles. The van der Waals surface area contributed by atoms with E-state index in [0.717, 1.165) is 70.6 Å². The predicted octanol–water partition coefficient (Wildman–Crippen LogP) is 15.6. The molecule has 0 saturated carbocycles. The van der Waals surface area contributed by atoms with Crippen LogP contribution < -0.4 is 0 Å². The van der Waals surface area contributed by atoms with Gasteiger partial charge in [0.2, 0.25) is 0 Å². The number of allylic oxidation sites excluding steroid dienone is 10. The summed E-state index contributed by atoms with van der Waals surface area (Å²) in [6, 6.07) is 0. The number of hydrogen-bond donors (Lipinski definition) is 2. The molecule has 12 heteroatoms. The first kappa shape index (κ1) is 65.2. The van der Waals surface area contributed by atoms with Crippen molar-refractivity contribution >= 4 is 25.7 Å². The summed E-state index contributed by atoms with van der Waals surface area (Å²) < 4.78 is 39.3. The third-order valence-electron chi connectivity index (χ3n) is 11.5. The molecule has 0 amide bonds. The van der Waals surface area contributed by atoms with Gasteiger partial charge in [0.25, 0.3) is 0 Å². The fourth-order valence-electron chi connectivity index (χ4n) is 7.33. The van der Waals surface area contributed by atoms with Crippen LogP contribution in [0.5, 0.6) is 0 Å². The molecule has 394 valence electrons. The van der Waals surface area contributed by atoms with Gasteiger partial charge in [0.05, 0.1) is 19.8 Å². The van der Waals surface area contributed by atoms with E-state index in [2.05, 4.69) is 69.4 Å². The van der Waals surface area contributed by atoms with Crippen LogP contribution in [0.2, 0.25) is 0 Å². The molecule has 0 bridgehead atoms. The van der Waals surface area contributed by atoms with Crippen LogP contribution in [0.15, 0.2) is 60.8 Å². The summed E-state index contributed by atoms with van der Waals surface area (Å²) in [7, 11) is -4.75. The summed E-state index contributed by atoms with van der Waals surface area (Å²) in [4.78, 5) is 48.3. The van der Waals surface area contributed by atoms with E-state index < -0.39 is 57.8 Å². The summed E-state index contributed by atoms with van der Waals surface area (Å²) in [5, 5.41) is 9.78. The fraction of sp³-hybridized carbons (Fsp3) is 0.768. The van der Waals surface area contributed by atoms with Crippen LogP contribution in [0.4, 0.5) is 0 Å². The van der Waals surface area contributed by atoms with Gasteiger partial charge < -0.3 is 24.2 Å². The minimum atomic E-state index is -4.75. The third kappa shape index (κ3) is 48.2. The van der Waals surface area contributed by atoms with Crippen molar-refractivity contribution < 1.29 is 52.2 Å².